The van der Waals surface area contributed by atoms with Crippen molar-refractivity contribution in [3.8, 4) is 0 Å². The fourth-order valence-corrected chi connectivity index (χ4v) is 2.12. The average Bonchev–Trinajstić information content (AvgIpc) is 2.17. The fourth-order valence-electron chi connectivity index (χ4n) is 2.12. The molecule has 0 aromatic carbocycles. The van der Waals surface area contributed by atoms with Gasteiger partial charge in [-0.1, -0.05) is 6.92 Å². The fraction of sp³-hybridized carbons (Fsp3) is 0.917. The van der Waals surface area contributed by atoms with Crippen LogP contribution in [0.2, 0.25) is 0 Å². The molecule has 88 valence electrons. The molecule has 0 radical (unpaired) electrons. The lowest BCUT2D eigenvalue weighted by atomic mass is 9.81. The van der Waals surface area contributed by atoms with Crippen LogP contribution in [-0.4, -0.2) is 25.3 Å². The van der Waals surface area contributed by atoms with Crippen molar-refractivity contribution in [3.63, 3.8) is 0 Å². The van der Waals surface area contributed by atoms with Gasteiger partial charge < -0.3 is 9.47 Å². The zero-order valence-electron chi connectivity index (χ0n) is 9.99. The first-order valence-corrected chi connectivity index (χ1v) is 5.94. The van der Waals surface area contributed by atoms with E-state index in [1.54, 1.807) is 0 Å². The summed E-state index contributed by atoms with van der Waals surface area (Å²) in [6.45, 7) is 7.20. The molecule has 3 nitrogen and oxygen atoms in total. The molecule has 1 rings (SSSR count). The van der Waals surface area contributed by atoms with Crippen LogP contribution in [0.1, 0.15) is 40.0 Å². The van der Waals surface area contributed by atoms with E-state index in [0.29, 0.717) is 31.3 Å². The topological polar surface area (TPSA) is 35.5 Å². The second kappa shape index (κ2) is 6.23. The van der Waals surface area contributed by atoms with Crippen LogP contribution >= 0.6 is 0 Å². The average molecular weight is 214 g/mol. The van der Waals surface area contributed by atoms with Crippen molar-refractivity contribution in [3.05, 3.63) is 0 Å². The molecule has 0 aromatic rings. The largest absolute Gasteiger partial charge is 0.352 e. The van der Waals surface area contributed by atoms with E-state index in [1.807, 2.05) is 13.8 Å². The number of Topliss-reactive ketones (excluding diaryl/α,β-unsaturated/α-hetero) is 1. The first-order valence-electron chi connectivity index (χ1n) is 5.94. The second-order valence-corrected chi connectivity index (χ2v) is 4.24. The summed E-state index contributed by atoms with van der Waals surface area (Å²) in [6.07, 6.45) is 2.37. The van der Waals surface area contributed by atoms with E-state index in [9.17, 15) is 4.79 Å². The Morgan fingerprint density at radius 1 is 1.27 bits per heavy atom. The molecular weight excluding hydrogens is 192 g/mol. The Balaban J connectivity index is 2.54. The van der Waals surface area contributed by atoms with Crippen molar-refractivity contribution in [2.45, 2.75) is 46.3 Å². The predicted octanol–water partition coefficient (Wildman–Crippen LogP) is 2.39. The molecule has 15 heavy (non-hydrogen) atoms. The standard InChI is InChI=1S/C12H22O3/c1-4-14-12(15-5-2)10-7-6-9(3)8-11(10)13/h9-10,12H,4-8H2,1-3H3. The van der Waals surface area contributed by atoms with Gasteiger partial charge >= 0.3 is 0 Å². The number of ether oxygens (including phenoxy) is 2. The summed E-state index contributed by atoms with van der Waals surface area (Å²) in [5.41, 5.74) is 0. The van der Waals surface area contributed by atoms with Gasteiger partial charge in [0.1, 0.15) is 5.78 Å². The molecule has 0 saturated heterocycles. The van der Waals surface area contributed by atoms with Crippen molar-refractivity contribution < 1.29 is 14.3 Å². The Morgan fingerprint density at radius 2 is 1.87 bits per heavy atom. The van der Waals surface area contributed by atoms with Crippen LogP contribution in [0.5, 0.6) is 0 Å². The number of hydrogen-bond donors (Lipinski definition) is 0. The first-order chi connectivity index (χ1) is 7.19. The van der Waals surface area contributed by atoms with Crippen LogP contribution in [0.4, 0.5) is 0 Å². The van der Waals surface area contributed by atoms with Gasteiger partial charge in [-0.05, 0) is 32.6 Å². The monoisotopic (exact) mass is 214 g/mol. The summed E-state index contributed by atoms with van der Waals surface area (Å²) in [5.74, 6) is 0.791. The Bertz CT molecular complexity index is 197. The predicted molar refractivity (Wildman–Crippen MR) is 58.6 cm³/mol. The highest BCUT2D eigenvalue weighted by molar-refractivity contribution is 5.82. The zero-order valence-corrected chi connectivity index (χ0v) is 9.99. The molecule has 1 fully saturated rings. The van der Waals surface area contributed by atoms with E-state index < -0.39 is 0 Å². The second-order valence-electron chi connectivity index (χ2n) is 4.24. The molecule has 0 amide bonds. The van der Waals surface area contributed by atoms with Crippen LogP contribution in [0.15, 0.2) is 0 Å². The Morgan fingerprint density at radius 3 is 2.33 bits per heavy atom. The van der Waals surface area contributed by atoms with Gasteiger partial charge in [0.15, 0.2) is 6.29 Å². The summed E-state index contributed by atoms with van der Waals surface area (Å²) < 4.78 is 11.0. The number of rotatable bonds is 5. The number of carbonyl (C=O) groups is 1. The van der Waals surface area contributed by atoms with Gasteiger partial charge in [0.05, 0.1) is 5.92 Å². The molecule has 0 aliphatic heterocycles. The van der Waals surface area contributed by atoms with Gasteiger partial charge in [0, 0.05) is 19.6 Å². The highest BCUT2D eigenvalue weighted by atomic mass is 16.7. The highest BCUT2D eigenvalue weighted by Crippen LogP contribution is 2.29. The van der Waals surface area contributed by atoms with Crippen LogP contribution < -0.4 is 0 Å². The Labute approximate surface area is 92.1 Å². The maximum atomic E-state index is 11.8. The third-order valence-electron chi connectivity index (χ3n) is 2.92. The lowest BCUT2D eigenvalue weighted by Gasteiger charge is -2.30. The Kier molecular flexibility index (Phi) is 5.26. The van der Waals surface area contributed by atoms with Crippen molar-refractivity contribution >= 4 is 5.78 Å². The van der Waals surface area contributed by atoms with E-state index in [2.05, 4.69) is 6.92 Å². The number of ketones is 1. The van der Waals surface area contributed by atoms with Crippen molar-refractivity contribution in [1.29, 1.82) is 0 Å². The van der Waals surface area contributed by atoms with Gasteiger partial charge in [0.2, 0.25) is 0 Å². The summed E-state index contributed by atoms with van der Waals surface area (Å²) in [6, 6.07) is 0. The summed E-state index contributed by atoms with van der Waals surface area (Å²) in [7, 11) is 0. The third kappa shape index (κ3) is 3.58. The summed E-state index contributed by atoms with van der Waals surface area (Å²) in [5, 5.41) is 0. The maximum absolute atomic E-state index is 11.8. The smallest absolute Gasteiger partial charge is 0.167 e. The van der Waals surface area contributed by atoms with Crippen molar-refractivity contribution in [2.24, 2.45) is 11.8 Å². The van der Waals surface area contributed by atoms with Crippen LogP contribution in [0.25, 0.3) is 0 Å². The van der Waals surface area contributed by atoms with Crippen molar-refractivity contribution in [2.75, 3.05) is 13.2 Å². The molecule has 1 aliphatic rings. The van der Waals surface area contributed by atoms with Gasteiger partial charge in [-0.25, -0.2) is 0 Å². The van der Waals surface area contributed by atoms with Crippen LogP contribution in [0.3, 0.4) is 0 Å². The molecule has 1 aliphatic carbocycles. The van der Waals surface area contributed by atoms with E-state index in [4.69, 9.17) is 9.47 Å². The molecule has 0 N–H and O–H groups in total. The Hall–Kier alpha value is -0.410. The zero-order chi connectivity index (χ0) is 11.3. The van der Waals surface area contributed by atoms with Gasteiger partial charge in [-0.3, -0.25) is 4.79 Å². The minimum atomic E-state index is -0.319. The molecule has 0 heterocycles. The lowest BCUT2D eigenvalue weighted by Crippen LogP contribution is -2.36. The normalized spacial score (nSPS) is 27.3. The van der Waals surface area contributed by atoms with Gasteiger partial charge in [-0.2, -0.15) is 0 Å². The first kappa shape index (κ1) is 12.7. The molecule has 2 unspecified atom stereocenters. The molecule has 0 spiro atoms. The minimum Gasteiger partial charge on any atom is -0.352 e. The van der Waals surface area contributed by atoms with E-state index in [1.165, 1.54) is 0 Å². The molecule has 1 saturated carbocycles. The summed E-state index contributed by atoms with van der Waals surface area (Å²) >= 11 is 0. The van der Waals surface area contributed by atoms with E-state index >= 15 is 0 Å². The molecule has 3 heteroatoms. The molecule has 0 bridgehead atoms. The van der Waals surface area contributed by atoms with E-state index in [-0.39, 0.29) is 12.2 Å². The van der Waals surface area contributed by atoms with Gasteiger partial charge in [-0.15, -0.1) is 0 Å². The highest BCUT2D eigenvalue weighted by Gasteiger charge is 2.33. The minimum absolute atomic E-state index is 0.0406. The number of hydrogen-bond acceptors (Lipinski definition) is 3. The van der Waals surface area contributed by atoms with Crippen LogP contribution in [-0.2, 0) is 14.3 Å². The van der Waals surface area contributed by atoms with Crippen LogP contribution in [0, 0.1) is 11.8 Å². The number of carbonyl (C=O) groups excluding carboxylic acids is 1. The lowest BCUT2D eigenvalue weighted by molar-refractivity contribution is -0.179. The van der Waals surface area contributed by atoms with Crippen molar-refractivity contribution in [1.82, 2.24) is 0 Å². The molecule has 0 aromatic heterocycles. The van der Waals surface area contributed by atoms with E-state index in [0.717, 1.165) is 12.8 Å². The molecular formula is C12H22O3. The van der Waals surface area contributed by atoms with Gasteiger partial charge in [0.25, 0.3) is 0 Å². The SMILES string of the molecule is CCOC(OCC)C1CCC(C)CC1=O. The molecule has 2 atom stereocenters. The summed E-state index contributed by atoms with van der Waals surface area (Å²) in [4.78, 5) is 11.8. The quantitative estimate of drug-likeness (QED) is 0.659. The third-order valence-corrected chi connectivity index (χ3v) is 2.92. The maximum Gasteiger partial charge on any atom is 0.167 e.